The van der Waals surface area contributed by atoms with Crippen LogP contribution in [-0.4, -0.2) is 83.7 Å². The number of nitrogens with one attached hydrogen (secondary N) is 1. The van der Waals surface area contributed by atoms with Crippen molar-refractivity contribution in [1.82, 2.24) is 20.0 Å². The molecule has 0 radical (unpaired) electrons. The zero-order valence-corrected chi connectivity index (χ0v) is 20.3. The molecule has 188 valence electrons. The Morgan fingerprint density at radius 2 is 1.86 bits per heavy atom. The highest BCUT2D eigenvalue weighted by Crippen LogP contribution is 2.31. The summed E-state index contributed by atoms with van der Waals surface area (Å²) in [5, 5.41) is 2.33. The average Bonchev–Trinajstić information content (AvgIpc) is 3.18. The number of carbonyl (C=O) groups excluding carboxylic acids is 4. The van der Waals surface area contributed by atoms with Gasteiger partial charge in [0, 0.05) is 31.0 Å². The smallest absolute Gasteiger partial charge is 0.255 e. The van der Waals surface area contributed by atoms with Gasteiger partial charge in [-0.2, -0.15) is 0 Å². The van der Waals surface area contributed by atoms with Crippen molar-refractivity contribution in [3.8, 4) is 5.75 Å². The Bertz CT molecular complexity index is 1020. The van der Waals surface area contributed by atoms with Crippen molar-refractivity contribution in [1.29, 1.82) is 0 Å². The number of piperidine rings is 3. The third kappa shape index (κ3) is 4.91. The van der Waals surface area contributed by atoms with Crippen molar-refractivity contribution < 1.29 is 23.9 Å². The molecule has 0 spiro atoms. The Morgan fingerprint density at radius 1 is 1.06 bits per heavy atom. The SMILES string of the molecule is CN1CCC(C(=O)N2CCCC[C@H]2COc2ccc3c(c2)CN(C2CCC(=O)NC2=O)C3=O)CC1. The van der Waals surface area contributed by atoms with Gasteiger partial charge in [0.25, 0.3) is 5.91 Å². The molecule has 0 saturated carbocycles. The molecule has 0 aromatic heterocycles. The van der Waals surface area contributed by atoms with Crippen LogP contribution in [0, 0.1) is 5.92 Å². The van der Waals surface area contributed by atoms with Gasteiger partial charge in [-0.3, -0.25) is 24.5 Å². The van der Waals surface area contributed by atoms with Crippen LogP contribution in [-0.2, 0) is 20.9 Å². The lowest BCUT2D eigenvalue weighted by Crippen LogP contribution is -2.52. The van der Waals surface area contributed by atoms with E-state index in [0.29, 0.717) is 30.9 Å². The van der Waals surface area contributed by atoms with Gasteiger partial charge in [-0.25, -0.2) is 0 Å². The van der Waals surface area contributed by atoms with Crippen LogP contribution in [0.3, 0.4) is 0 Å². The lowest BCUT2D eigenvalue weighted by atomic mass is 9.93. The molecule has 4 heterocycles. The number of fused-ring (bicyclic) bond motifs is 1. The summed E-state index contributed by atoms with van der Waals surface area (Å²) in [7, 11) is 2.10. The second-order valence-electron chi connectivity index (χ2n) is 10.3. The first-order valence-electron chi connectivity index (χ1n) is 12.8. The largest absolute Gasteiger partial charge is 0.491 e. The predicted octanol–water partition coefficient (Wildman–Crippen LogP) is 1.55. The van der Waals surface area contributed by atoms with E-state index in [9.17, 15) is 19.2 Å². The second-order valence-corrected chi connectivity index (χ2v) is 10.3. The Labute approximate surface area is 205 Å². The lowest BCUT2D eigenvalue weighted by molar-refractivity contribution is -0.141. The fourth-order valence-corrected chi connectivity index (χ4v) is 5.79. The third-order valence-electron chi connectivity index (χ3n) is 7.92. The monoisotopic (exact) mass is 482 g/mol. The van der Waals surface area contributed by atoms with E-state index >= 15 is 0 Å². The van der Waals surface area contributed by atoms with Crippen LogP contribution in [0.15, 0.2) is 18.2 Å². The molecule has 1 aromatic rings. The molecular formula is C26H34N4O5. The minimum atomic E-state index is -0.627. The molecule has 1 N–H and O–H groups in total. The summed E-state index contributed by atoms with van der Waals surface area (Å²) < 4.78 is 6.15. The van der Waals surface area contributed by atoms with E-state index in [1.807, 2.05) is 11.0 Å². The summed E-state index contributed by atoms with van der Waals surface area (Å²) in [4.78, 5) is 55.8. The van der Waals surface area contributed by atoms with Gasteiger partial charge in [0.15, 0.2) is 0 Å². The first kappa shape index (κ1) is 23.8. The number of ether oxygens (including phenoxy) is 1. The molecule has 1 aromatic carbocycles. The molecule has 4 amide bonds. The summed E-state index contributed by atoms with van der Waals surface area (Å²) in [6.45, 7) is 3.48. The highest BCUT2D eigenvalue weighted by Gasteiger charge is 2.39. The van der Waals surface area contributed by atoms with Gasteiger partial charge >= 0.3 is 0 Å². The third-order valence-corrected chi connectivity index (χ3v) is 7.92. The maximum Gasteiger partial charge on any atom is 0.255 e. The predicted molar refractivity (Wildman–Crippen MR) is 128 cm³/mol. The molecule has 4 aliphatic heterocycles. The van der Waals surface area contributed by atoms with Gasteiger partial charge in [-0.15, -0.1) is 0 Å². The lowest BCUT2D eigenvalue weighted by Gasteiger charge is -2.39. The average molecular weight is 483 g/mol. The number of hydrogen-bond donors (Lipinski definition) is 1. The van der Waals surface area contributed by atoms with Crippen molar-refractivity contribution in [2.75, 3.05) is 33.3 Å². The van der Waals surface area contributed by atoms with Gasteiger partial charge in [-0.05, 0) is 82.4 Å². The fraction of sp³-hybridized carbons (Fsp3) is 0.615. The molecule has 4 aliphatic rings. The number of rotatable bonds is 5. The number of imide groups is 1. The topological polar surface area (TPSA) is 99.3 Å². The van der Waals surface area contributed by atoms with Crippen molar-refractivity contribution in [3.05, 3.63) is 29.3 Å². The van der Waals surface area contributed by atoms with Crippen molar-refractivity contribution in [2.45, 2.75) is 63.6 Å². The van der Waals surface area contributed by atoms with Gasteiger partial charge in [0.1, 0.15) is 18.4 Å². The number of hydrogen-bond acceptors (Lipinski definition) is 6. The van der Waals surface area contributed by atoms with Crippen LogP contribution < -0.4 is 10.1 Å². The molecule has 0 bridgehead atoms. The molecule has 9 nitrogen and oxygen atoms in total. The number of amides is 4. The normalized spacial score (nSPS) is 26.0. The van der Waals surface area contributed by atoms with Crippen molar-refractivity contribution in [3.63, 3.8) is 0 Å². The van der Waals surface area contributed by atoms with E-state index < -0.39 is 11.9 Å². The van der Waals surface area contributed by atoms with Gasteiger partial charge in [-0.1, -0.05) is 0 Å². The minimum Gasteiger partial charge on any atom is -0.491 e. The zero-order chi connectivity index (χ0) is 24.5. The van der Waals surface area contributed by atoms with Gasteiger partial charge < -0.3 is 19.4 Å². The highest BCUT2D eigenvalue weighted by atomic mass is 16.5. The molecule has 3 saturated heterocycles. The first-order valence-corrected chi connectivity index (χ1v) is 12.8. The quantitative estimate of drug-likeness (QED) is 0.640. The first-order chi connectivity index (χ1) is 16.9. The fourth-order valence-electron chi connectivity index (χ4n) is 5.79. The molecule has 5 rings (SSSR count). The van der Waals surface area contributed by atoms with Crippen LogP contribution in [0.2, 0.25) is 0 Å². The highest BCUT2D eigenvalue weighted by molar-refractivity contribution is 6.05. The molecule has 0 aliphatic carbocycles. The number of benzene rings is 1. The van der Waals surface area contributed by atoms with Gasteiger partial charge in [0.2, 0.25) is 17.7 Å². The van der Waals surface area contributed by atoms with Gasteiger partial charge in [0.05, 0.1) is 6.04 Å². The minimum absolute atomic E-state index is 0.0609. The van der Waals surface area contributed by atoms with E-state index in [4.69, 9.17) is 4.74 Å². The molecule has 35 heavy (non-hydrogen) atoms. The Kier molecular flexibility index (Phi) is 6.77. The standard InChI is InChI=1S/C26H34N4O5/c1-28-12-9-17(10-13-28)25(33)29-11-3-2-4-19(29)16-35-20-5-6-21-18(14-20)15-30(26(21)34)22-7-8-23(31)27-24(22)32/h5-6,14,17,19,22H,2-4,7-13,15-16H2,1H3,(H,27,31,32)/t19-,22?/m0/s1. The van der Waals surface area contributed by atoms with E-state index in [-0.39, 0.29) is 36.1 Å². The Hall–Kier alpha value is -2.94. The second kappa shape index (κ2) is 9.97. The molecule has 9 heteroatoms. The molecule has 1 unspecified atom stereocenters. The van der Waals surface area contributed by atoms with E-state index in [1.54, 1.807) is 17.0 Å². The zero-order valence-electron chi connectivity index (χ0n) is 20.3. The Morgan fingerprint density at radius 3 is 2.63 bits per heavy atom. The summed E-state index contributed by atoms with van der Waals surface area (Å²) in [5.41, 5.74) is 1.39. The number of nitrogens with zero attached hydrogens (tertiary/aromatic N) is 3. The van der Waals surface area contributed by atoms with Crippen LogP contribution >= 0.6 is 0 Å². The van der Waals surface area contributed by atoms with Crippen LogP contribution in [0.1, 0.15) is 60.9 Å². The molecule has 2 atom stereocenters. The summed E-state index contributed by atoms with van der Waals surface area (Å²) in [6, 6.07) is 4.84. The van der Waals surface area contributed by atoms with Crippen molar-refractivity contribution >= 4 is 23.6 Å². The van der Waals surface area contributed by atoms with Crippen molar-refractivity contribution in [2.24, 2.45) is 5.92 Å². The maximum atomic E-state index is 13.3. The van der Waals surface area contributed by atoms with Crippen LogP contribution in [0.4, 0.5) is 0 Å². The van der Waals surface area contributed by atoms with E-state index in [1.165, 1.54) is 0 Å². The van der Waals surface area contributed by atoms with Crippen LogP contribution in [0.25, 0.3) is 0 Å². The van der Waals surface area contributed by atoms with E-state index in [2.05, 4.69) is 17.3 Å². The number of carbonyl (C=O) groups is 4. The Balaban J connectivity index is 1.21. The summed E-state index contributed by atoms with van der Waals surface area (Å²) in [6.07, 6.45) is 5.47. The van der Waals surface area contributed by atoms with Crippen LogP contribution in [0.5, 0.6) is 5.75 Å². The maximum absolute atomic E-state index is 13.3. The van der Waals surface area contributed by atoms with E-state index in [0.717, 1.165) is 57.3 Å². The summed E-state index contributed by atoms with van der Waals surface area (Å²) in [5.74, 6) is 0.145. The summed E-state index contributed by atoms with van der Waals surface area (Å²) >= 11 is 0. The molecular weight excluding hydrogens is 448 g/mol. The number of likely N-dealkylation sites (tertiary alicyclic amines) is 2. The molecule has 3 fully saturated rings.